The quantitative estimate of drug-likeness (QED) is 0.726. The van der Waals surface area contributed by atoms with Crippen molar-refractivity contribution >= 4 is 46.4 Å². The van der Waals surface area contributed by atoms with Gasteiger partial charge in [-0.15, -0.1) is 24.8 Å². The van der Waals surface area contributed by atoms with Gasteiger partial charge in [0.25, 0.3) is 0 Å². The topological polar surface area (TPSA) is 51.0 Å². The Morgan fingerprint density at radius 2 is 1.21 bits per heavy atom. The Morgan fingerprint density at radius 1 is 0.833 bits per heavy atom. The van der Waals surface area contributed by atoms with Crippen LogP contribution < -0.4 is 5.73 Å². The van der Waals surface area contributed by atoms with Crippen LogP contribution in [0.15, 0.2) is 16.6 Å². The largest absolute Gasteiger partial charge is 0.398 e. The lowest BCUT2D eigenvalue weighted by Crippen LogP contribution is -2.36. The van der Waals surface area contributed by atoms with E-state index in [1.54, 1.807) is 0 Å². The summed E-state index contributed by atoms with van der Waals surface area (Å²) in [5, 5.41) is 0. The Kier molecular flexibility index (Phi) is 9.89. The third kappa shape index (κ3) is 6.02. The molecule has 0 amide bonds. The summed E-state index contributed by atoms with van der Waals surface area (Å²) in [6, 6.07) is 4.29. The first-order valence-electron chi connectivity index (χ1n) is 7.89. The van der Waals surface area contributed by atoms with Gasteiger partial charge in [0.15, 0.2) is 0 Å². The van der Waals surface area contributed by atoms with Gasteiger partial charge in [-0.05, 0) is 23.3 Å². The van der Waals surface area contributed by atoms with Crippen molar-refractivity contribution < 1.29 is 9.47 Å². The molecule has 3 rings (SSSR count). The minimum atomic E-state index is 0. The molecule has 0 unspecified atom stereocenters. The van der Waals surface area contributed by atoms with Crippen LogP contribution >= 0.6 is 40.7 Å². The first-order chi connectivity index (χ1) is 10.7. The van der Waals surface area contributed by atoms with Crippen LogP contribution in [0.5, 0.6) is 0 Å². The smallest absolute Gasteiger partial charge is 0.0594 e. The van der Waals surface area contributed by atoms with Crippen molar-refractivity contribution in [1.29, 1.82) is 0 Å². The SMILES string of the molecule is Cl.Cl.Nc1c(CN2CCOCC2)cc(Br)cc1CN1CCOCC1. The lowest BCUT2D eigenvalue weighted by Gasteiger charge is -2.29. The van der Waals surface area contributed by atoms with E-state index in [1.807, 2.05) is 0 Å². The Balaban J connectivity index is 0.00000144. The lowest BCUT2D eigenvalue weighted by molar-refractivity contribution is 0.0335. The van der Waals surface area contributed by atoms with E-state index in [9.17, 15) is 0 Å². The highest BCUT2D eigenvalue weighted by atomic mass is 79.9. The van der Waals surface area contributed by atoms with E-state index in [2.05, 4.69) is 37.9 Å². The molecule has 24 heavy (non-hydrogen) atoms. The molecule has 0 aliphatic carbocycles. The zero-order valence-corrected chi connectivity index (χ0v) is 16.9. The second-order valence-corrected chi connectivity index (χ2v) is 6.83. The molecule has 0 spiro atoms. The molecular weight excluding hydrogens is 417 g/mol. The van der Waals surface area contributed by atoms with Gasteiger partial charge in [0.2, 0.25) is 0 Å². The molecule has 1 aromatic rings. The number of nitrogen functional groups attached to an aromatic ring is 1. The number of ether oxygens (including phenoxy) is 2. The van der Waals surface area contributed by atoms with Gasteiger partial charge in [0.05, 0.1) is 26.4 Å². The van der Waals surface area contributed by atoms with E-state index in [0.29, 0.717) is 0 Å². The zero-order chi connectivity index (χ0) is 15.4. The number of hydrogen-bond donors (Lipinski definition) is 1. The Bertz CT molecular complexity index is 469. The van der Waals surface area contributed by atoms with Crippen molar-refractivity contribution in [2.24, 2.45) is 0 Å². The minimum absolute atomic E-state index is 0. The standard InChI is InChI=1S/C16H24BrN3O2.2ClH/c17-15-9-13(11-19-1-5-21-6-2-19)16(18)14(10-15)12-20-3-7-22-8-4-20;;/h9-10H,1-8,11-12,18H2;2*1H. The number of nitrogens with zero attached hydrogens (tertiary/aromatic N) is 2. The van der Waals surface area contributed by atoms with Gasteiger partial charge in [-0.2, -0.15) is 0 Å². The van der Waals surface area contributed by atoms with Gasteiger partial charge < -0.3 is 15.2 Å². The lowest BCUT2D eigenvalue weighted by atomic mass is 10.1. The molecule has 5 nitrogen and oxygen atoms in total. The predicted octanol–water partition coefficient (Wildman–Crippen LogP) is 2.54. The molecule has 0 atom stereocenters. The molecule has 138 valence electrons. The van der Waals surface area contributed by atoms with Crippen LogP contribution in [0.4, 0.5) is 5.69 Å². The highest BCUT2D eigenvalue weighted by Crippen LogP contribution is 2.26. The van der Waals surface area contributed by atoms with Gasteiger partial charge in [-0.3, -0.25) is 9.80 Å². The Hall–Kier alpha value is -0.0800. The number of nitrogens with two attached hydrogens (primary N) is 1. The molecule has 0 bridgehead atoms. The van der Waals surface area contributed by atoms with E-state index >= 15 is 0 Å². The summed E-state index contributed by atoms with van der Waals surface area (Å²) in [6.07, 6.45) is 0. The van der Waals surface area contributed by atoms with Gasteiger partial charge >= 0.3 is 0 Å². The molecule has 2 aliphatic heterocycles. The second-order valence-electron chi connectivity index (χ2n) is 5.91. The molecule has 1 aromatic carbocycles. The van der Waals surface area contributed by atoms with Gasteiger partial charge in [0, 0.05) is 49.4 Å². The van der Waals surface area contributed by atoms with Crippen molar-refractivity contribution in [3.8, 4) is 0 Å². The Morgan fingerprint density at radius 3 is 1.58 bits per heavy atom. The van der Waals surface area contributed by atoms with Crippen LogP contribution in [0, 0.1) is 0 Å². The second kappa shape index (κ2) is 10.8. The van der Waals surface area contributed by atoms with Crippen LogP contribution in [0.25, 0.3) is 0 Å². The first kappa shape index (κ1) is 22.0. The van der Waals surface area contributed by atoms with Crippen molar-refractivity contribution in [3.05, 3.63) is 27.7 Å². The minimum Gasteiger partial charge on any atom is -0.398 e. The van der Waals surface area contributed by atoms with Crippen LogP contribution in [0.2, 0.25) is 0 Å². The molecule has 8 heteroatoms. The molecule has 0 aromatic heterocycles. The fourth-order valence-corrected chi connectivity index (χ4v) is 3.55. The zero-order valence-electron chi connectivity index (χ0n) is 13.7. The van der Waals surface area contributed by atoms with E-state index in [1.165, 1.54) is 11.1 Å². The summed E-state index contributed by atoms with van der Waals surface area (Å²) in [5.74, 6) is 0. The van der Waals surface area contributed by atoms with Crippen LogP contribution in [-0.2, 0) is 22.6 Å². The summed E-state index contributed by atoms with van der Waals surface area (Å²) >= 11 is 3.63. The maximum Gasteiger partial charge on any atom is 0.0594 e. The Labute approximate surface area is 164 Å². The fourth-order valence-electron chi connectivity index (χ4n) is 3.00. The summed E-state index contributed by atoms with van der Waals surface area (Å²) in [4.78, 5) is 4.81. The van der Waals surface area contributed by atoms with Crippen LogP contribution in [-0.4, -0.2) is 62.4 Å². The van der Waals surface area contributed by atoms with E-state index in [0.717, 1.165) is 75.9 Å². The maximum atomic E-state index is 6.45. The number of halogens is 3. The van der Waals surface area contributed by atoms with Crippen molar-refractivity contribution in [2.45, 2.75) is 13.1 Å². The molecule has 2 aliphatic rings. The average Bonchev–Trinajstić information content (AvgIpc) is 2.54. The third-order valence-electron chi connectivity index (χ3n) is 4.31. The number of rotatable bonds is 4. The van der Waals surface area contributed by atoms with Gasteiger partial charge in [-0.1, -0.05) is 15.9 Å². The van der Waals surface area contributed by atoms with Crippen molar-refractivity contribution in [3.63, 3.8) is 0 Å². The van der Waals surface area contributed by atoms with Gasteiger partial charge in [-0.25, -0.2) is 0 Å². The van der Waals surface area contributed by atoms with E-state index in [4.69, 9.17) is 15.2 Å². The number of morpholine rings is 2. The van der Waals surface area contributed by atoms with Crippen molar-refractivity contribution in [1.82, 2.24) is 9.80 Å². The maximum absolute atomic E-state index is 6.45. The number of anilines is 1. The number of benzene rings is 1. The highest BCUT2D eigenvalue weighted by Gasteiger charge is 2.17. The van der Waals surface area contributed by atoms with Gasteiger partial charge in [0.1, 0.15) is 0 Å². The molecule has 2 saturated heterocycles. The predicted molar refractivity (Wildman–Crippen MR) is 105 cm³/mol. The molecule has 2 fully saturated rings. The summed E-state index contributed by atoms with van der Waals surface area (Å²) in [5.41, 5.74) is 9.80. The van der Waals surface area contributed by atoms with Crippen LogP contribution in [0.3, 0.4) is 0 Å². The number of hydrogen-bond acceptors (Lipinski definition) is 5. The van der Waals surface area contributed by atoms with Crippen molar-refractivity contribution in [2.75, 3.05) is 58.3 Å². The first-order valence-corrected chi connectivity index (χ1v) is 8.68. The van der Waals surface area contributed by atoms with Crippen LogP contribution in [0.1, 0.15) is 11.1 Å². The molecule has 2 N–H and O–H groups in total. The fraction of sp³-hybridized carbons (Fsp3) is 0.625. The highest BCUT2D eigenvalue weighted by molar-refractivity contribution is 9.10. The monoisotopic (exact) mass is 441 g/mol. The third-order valence-corrected chi connectivity index (χ3v) is 4.77. The molecule has 0 saturated carbocycles. The molecule has 0 radical (unpaired) electrons. The summed E-state index contributed by atoms with van der Waals surface area (Å²) in [6.45, 7) is 8.95. The summed E-state index contributed by atoms with van der Waals surface area (Å²) < 4.78 is 11.9. The normalized spacial score (nSPS) is 19.4. The average molecular weight is 443 g/mol. The molecule has 2 heterocycles. The molecular formula is C16H26BrCl2N3O2. The van der Waals surface area contributed by atoms with E-state index in [-0.39, 0.29) is 24.8 Å². The van der Waals surface area contributed by atoms with E-state index < -0.39 is 0 Å². The summed E-state index contributed by atoms with van der Waals surface area (Å²) in [7, 11) is 0.